The van der Waals surface area contributed by atoms with Crippen LogP contribution in [-0.2, 0) is 9.47 Å². The van der Waals surface area contributed by atoms with Crippen molar-refractivity contribution in [3.63, 3.8) is 0 Å². The summed E-state index contributed by atoms with van der Waals surface area (Å²) in [5.74, 6) is -0.411. The minimum atomic E-state index is -0.411. The lowest BCUT2D eigenvalue weighted by Gasteiger charge is -2.51. The Morgan fingerprint density at radius 3 is 2.00 bits per heavy atom. The number of hydrogen-bond donors (Lipinski definition) is 0. The Morgan fingerprint density at radius 2 is 1.48 bits per heavy atom. The Hall–Kier alpha value is -0.630. The highest BCUT2D eigenvalue weighted by molar-refractivity contribution is 5.12. The van der Waals surface area contributed by atoms with Gasteiger partial charge in [0.1, 0.15) is 5.54 Å². The molecule has 2 saturated heterocycles. The number of hydrogen-bond acceptors (Lipinski definition) is 4. The summed E-state index contributed by atoms with van der Waals surface area (Å²) < 4.78 is 12.2. The van der Waals surface area contributed by atoms with E-state index in [1.54, 1.807) is 0 Å². The lowest BCUT2D eigenvalue weighted by molar-refractivity contribution is -0.314. The van der Waals surface area contributed by atoms with Crippen LogP contribution in [0.3, 0.4) is 0 Å². The average molecular weight is 292 g/mol. The molecule has 3 rings (SSSR count). The molecule has 2 aliphatic heterocycles. The molecule has 4 heteroatoms. The van der Waals surface area contributed by atoms with Gasteiger partial charge in [0.15, 0.2) is 5.79 Å². The first-order valence-electron chi connectivity index (χ1n) is 8.44. The van der Waals surface area contributed by atoms with Gasteiger partial charge in [-0.1, -0.05) is 20.3 Å². The molecule has 0 aromatic carbocycles. The maximum Gasteiger partial charge on any atom is 0.168 e. The Bertz CT molecular complexity index is 401. The van der Waals surface area contributed by atoms with E-state index < -0.39 is 5.79 Å². The van der Waals surface area contributed by atoms with Crippen LogP contribution in [0.1, 0.15) is 58.8 Å². The van der Waals surface area contributed by atoms with E-state index in [4.69, 9.17) is 9.47 Å². The van der Waals surface area contributed by atoms with E-state index in [9.17, 15) is 5.26 Å². The van der Waals surface area contributed by atoms with Gasteiger partial charge in [0.25, 0.3) is 0 Å². The maximum absolute atomic E-state index is 9.79. The highest BCUT2D eigenvalue weighted by Gasteiger charge is 2.50. The molecular weight excluding hydrogens is 264 g/mol. The van der Waals surface area contributed by atoms with Gasteiger partial charge in [-0.05, 0) is 38.8 Å². The van der Waals surface area contributed by atoms with Crippen LogP contribution < -0.4 is 0 Å². The van der Waals surface area contributed by atoms with Crippen LogP contribution in [0.25, 0.3) is 0 Å². The van der Waals surface area contributed by atoms with Crippen molar-refractivity contribution >= 4 is 0 Å². The van der Waals surface area contributed by atoms with E-state index >= 15 is 0 Å². The monoisotopic (exact) mass is 292 g/mol. The topological polar surface area (TPSA) is 45.5 Å². The molecule has 0 unspecified atom stereocenters. The molecular formula is C17H28N2O2. The van der Waals surface area contributed by atoms with E-state index in [-0.39, 0.29) is 11.0 Å². The van der Waals surface area contributed by atoms with Crippen molar-refractivity contribution in [2.45, 2.75) is 70.1 Å². The Labute approximate surface area is 128 Å². The predicted molar refractivity (Wildman–Crippen MR) is 80.7 cm³/mol. The smallest absolute Gasteiger partial charge is 0.168 e. The third-order valence-electron chi connectivity index (χ3n) is 5.46. The molecule has 2 heterocycles. The second-order valence-corrected chi connectivity index (χ2v) is 7.84. The fourth-order valence-corrected chi connectivity index (χ4v) is 3.89. The molecule has 3 aliphatic rings. The fraction of sp³-hybridized carbons (Fsp3) is 0.941. The summed E-state index contributed by atoms with van der Waals surface area (Å²) >= 11 is 0. The second kappa shape index (κ2) is 5.53. The van der Waals surface area contributed by atoms with E-state index in [1.165, 1.54) is 19.3 Å². The average Bonchev–Trinajstić information content (AvgIpc) is 2.53. The van der Waals surface area contributed by atoms with Crippen molar-refractivity contribution in [3.05, 3.63) is 0 Å². The SMILES string of the molecule is CC1(C)COC2(CCC(C#N)(N3CCCCC3)CC2)OC1. The Balaban J connectivity index is 1.65. The van der Waals surface area contributed by atoms with Crippen molar-refractivity contribution in [2.24, 2.45) is 5.41 Å². The lowest BCUT2D eigenvalue weighted by Crippen LogP contribution is -2.57. The zero-order valence-electron chi connectivity index (χ0n) is 13.5. The summed E-state index contributed by atoms with van der Waals surface area (Å²) in [7, 11) is 0. The summed E-state index contributed by atoms with van der Waals surface area (Å²) in [4.78, 5) is 2.43. The van der Waals surface area contributed by atoms with Crippen LogP contribution in [-0.4, -0.2) is 42.5 Å². The van der Waals surface area contributed by atoms with Crippen molar-refractivity contribution in [2.75, 3.05) is 26.3 Å². The lowest BCUT2D eigenvalue weighted by atomic mass is 9.77. The number of rotatable bonds is 1. The second-order valence-electron chi connectivity index (χ2n) is 7.84. The number of piperidine rings is 1. The van der Waals surface area contributed by atoms with Gasteiger partial charge in [-0.15, -0.1) is 0 Å². The standard InChI is InChI=1S/C17H28N2O2/c1-15(2)13-20-17(21-14-15)8-6-16(12-18,7-9-17)19-10-4-3-5-11-19/h3-11,13-14H2,1-2H3. The van der Waals surface area contributed by atoms with Crippen molar-refractivity contribution in [1.82, 2.24) is 4.90 Å². The van der Waals surface area contributed by atoms with Crippen LogP contribution >= 0.6 is 0 Å². The molecule has 1 saturated carbocycles. The molecule has 0 atom stereocenters. The Kier molecular flexibility index (Phi) is 4.02. The zero-order valence-corrected chi connectivity index (χ0v) is 13.5. The quantitative estimate of drug-likeness (QED) is 0.745. The number of likely N-dealkylation sites (tertiary alicyclic amines) is 1. The number of ether oxygens (including phenoxy) is 2. The van der Waals surface area contributed by atoms with Crippen LogP contribution in [0.4, 0.5) is 0 Å². The van der Waals surface area contributed by atoms with E-state index in [1.807, 2.05) is 0 Å². The van der Waals surface area contributed by atoms with Crippen molar-refractivity contribution in [3.8, 4) is 6.07 Å². The first-order valence-corrected chi connectivity index (χ1v) is 8.44. The van der Waals surface area contributed by atoms with Crippen LogP contribution in [0, 0.1) is 16.7 Å². The van der Waals surface area contributed by atoms with Gasteiger partial charge >= 0.3 is 0 Å². The fourth-order valence-electron chi connectivity index (χ4n) is 3.89. The van der Waals surface area contributed by atoms with E-state index in [0.717, 1.165) is 52.0 Å². The van der Waals surface area contributed by atoms with Crippen molar-refractivity contribution < 1.29 is 9.47 Å². The molecule has 0 aromatic heterocycles. The summed E-state index contributed by atoms with van der Waals surface area (Å²) in [6, 6.07) is 2.64. The van der Waals surface area contributed by atoms with Crippen LogP contribution in [0.15, 0.2) is 0 Å². The first-order chi connectivity index (χ1) is 9.99. The van der Waals surface area contributed by atoms with Gasteiger partial charge in [0.2, 0.25) is 0 Å². The van der Waals surface area contributed by atoms with Gasteiger partial charge in [-0.3, -0.25) is 4.90 Å². The molecule has 21 heavy (non-hydrogen) atoms. The summed E-state index contributed by atoms with van der Waals surface area (Å²) in [5, 5.41) is 9.79. The maximum atomic E-state index is 9.79. The molecule has 0 radical (unpaired) electrons. The number of nitrogens with zero attached hydrogens (tertiary/aromatic N) is 2. The minimum Gasteiger partial charge on any atom is -0.349 e. The molecule has 118 valence electrons. The van der Waals surface area contributed by atoms with E-state index in [2.05, 4.69) is 24.8 Å². The third-order valence-corrected chi connectivity index (χ3v) is 5.46. The molecule has 4 nitrogen and oxygen atoms in total. The molecule has 0 N–H and O–H groups in total. The highest BCUT2D eigenvalue weighted by atomic mass is 16.7. The highest BCUT2D eigenvalue weighted by Crippen LogP contribution is 2.44. The number of nitriles is 1. The largest absolute Gasteiger partial charge is 0.349 e. The van der Waals surface area contributed by atoms with Gasteiger partial charge in [0, 0.05) is 18.3 Å². The van der Waals surface area contributed by atoms with Gasteiger partial charge in [-0.25, -0.2) is 0 Å². The normalized spacial score (nSPS) is 31.7. The summed E-state index contributed by atoms with van der Waals surface area (Å²) in [5.41, 5.74) is -0.159. The molecule has 0 amide bonds. The van der Waals surface area contributed by atoms with Gasteiger partial charge in [-0.2, -0.15) is 5.26 Å². The molecule has 0 bridgehead atoms. The summed E-state index contributed by atoms with van der Waals surface area (Å²) in [6.07, 6.45) is 7.24. The van der Waals surface area contributed by atoms with Crippen LogP contribution in [0.5, 0.6) is 0 Å². The predicted octanol–water partition coefficient (Wildman–Crippen LogP) is 3.08. The third kappa shape index (κ3) is 2.97. The summed E-state index contributed by atoms with van der Waals surface area (Å²) in [6.45, 7) is 8.03. The zero-order chi connectivity index (χ0) is 15.0. The minimum absolute atomic E-state index is 0.113. The molecule has 1 spiro atoms. The van der Waals surface area contributed by atoms with Gasteiger partial charge in [0.05, 0.1) is 19.3 Å². The Morgan fingerprint density at radius 1 is 0.905 bits per heavy atom. The molecule has 1 aliphatic carbocycles. The van der Waals surface area contributed by atoms with Crippen LogP contribution in [0.2, 0.25) is 0 Å². The van der Waals surface area contributed by atoms with E-state index in [0.29, 0.717) is 0 Å². The molecule has 3 fully saturated rings. The first kappa shape index (κ1) is 15.3. The van der Waals surface area contributed by atoms with Gasteiger partial charge < -0.3 is 9.47 Å². The molecule has 0 aromatic rings. The van der Waals surface area contributed by atoms with Crippen molar-refractivity contribution in [1.29, 1.82) is 5.26 Å².